The maximum Gasteiger partial charge on any atom is 0.158 e. The zero-order valence-electron chi connectivity index (χ0n) is 11.0. The fraction of sp³-hybridized carbons (Fsp3) is 0.636. The van der Waals surface area contributed by atoms with Crippen molar-refractivity contribution in [3.8, 4) is 0 Å². The van der Waals surface area contributed by atoms with E-state index in [1.807, 2.05) is 6.92 Å². The summed E-state index contributed by atoms with van der Waals surface area (Å²) in [6, 6.07) is 3.31. The summed E-state index contributed by atoms with van der Waals surface area (Å²) in [5.74, 6) is -0.0131. The van der Waals surface area contributed by atoms with Crippen molar-refractivity contribution in [2.24, 2.45) is 0 Å². The zero-order chi connectivity index (χ0) is 14.5. The van der Waals surface area contributed by atoms with Crippen LogP contribution in [-0.2, 0) is 32.0 Å². The molecule has 0 atom stereocenters. The molecule has 0 spiro atoms. The van der Waals surface area contributed by atoms with Crippen LogP contribution in [0.4, 0.5) is 0 Å². The van der Waals surface area contributed by atoms with E-state index < -0.39 is 19.7 Å². The van der Waals surface area contributed by atoms with Gasteiger partial charge in [0.1, 0.15) is 27.1 Å². The highest BCUT2D eigenvalue weighted by atomic mass is 32.2. The molecule has 0 aliphatic carbocycles. The van der Waals surface area contributed by atoms with E-state index in [9.17, 15) is 16.8 Å². The van der Waals surface area contributed by atoms with Gasteiger partial charge >= 0.3 is 0 Å². The summed E-state index contributed by atoms with van der Waals surface area (Å²) in [5, 5.41) is 3.06. The second-order valence-corrected chi connectivity index (χ2v) is 8.81. The van der Waals surface area contributed by atoms with Gasteiger partial charge in [-0.1, -0.05) is 6.92 Å². The van der Waals surface area contributed by atoms with Crippen LogP contribution in [0.2, 0.25) is 0 Å². The van der Waals surface area contributed by atoms with E-state index in [-0.39, 0.29) is 17.3 Å². The van der Waals surface area contributed by atoms with Crippen molar-refractivity contribution in [2.45, 2.75) is 19.2 Å². The second kappa shape index (κ2) is 6.53. The Hall–Kier alpha value is -0.860. The Kier molecular flexibility index (Phi) is 5.57. The van der Waals surface area contributed by atoms with Gasteiger partial charge in [0.05, 0.1) is 18.1 Å². The Morgan fingerprint density at radius 3 is 2.32 bits per heavy atom. The minimum atomic E-state index is -3.47. The summed E-state index contributed by atoms with van der Waals surface area (Å²) in [6.07, 6.45) is 1.02. The molecule has 0 radical (unpaired) electrons. The van der Waals surface area contributed by atoms with E-state index in [4.69, 9.17) is 4.42 Å². The van der Waals surface area contributed by atoms with Gasteiger partial charge < -0.3 is 9.73 Å². The minimum absolute atomic E-state index is 0.269. The van der Waals surface area contributed by atoms with Gasteiger partial charge in [0.2, 0.25) is 0 Å². The van der Waals surface area contributed by atoms with Crippen LogP contribution in [0.5, 0.6) is 0 Å². The molecule has 1 rings (SSSR count). The van der Waals surface area contributed by atoms with Gasteiger partial charge in [0.15, 0.2) is 9.84 Å². The third kappa shape index (κ3) is 6.74. The third-order valence-electron chi connectivity index (χ3n) is 2.39. The highest BCUT2D eigenvalue weighted by Crippen LogP contribution is 2.12. The van der Waals surface area contributed by atoms with E-state index in [2.05, 4.69) is 5.32 Å². The summed E-state index contributed by atoms with van der Waals surface area (Å²) in [5.41, 5.74) is 0. The molecule has 0 unspecified atom stereocenters. The highest BCUT2D eigenvalue weighted by Gasteiger charge is 2.17. The Morgan fingerprint density at radius 1 is 1.11 bits per heavy atom. The molecule has 0 aliphatic rings. The Balaban J connectivity index is 2.60. The molecule has 0 saturated heterocycles. The standard InChI is InChI=1S/C11H19NO5S2/c1-3-12-8-10-4-5-11(17-10)9-19(15,16)7-6-18(2,13)14/h4-5,12H,3,6-9H2,1-2H3. The van der Waals surface area contributed by atoms with Crippen molar-refractivity contribution >= 4 is 19.7 Å². The molecule has 19 heavy (non-hydrogen) atoms. The van der Waals surface area contributed by atoms with Crippen molar-refractivity contribution in [1.29, 1.82) is 0 Å². The zero-order valence-corrected chi connectivity index (χ0v) is 12.7. The molecule has 110 valence electrons. The minimum Gasteiger partial charge on any atom is -0.464 e. The van der Waals surface area contributed by atoms with Crippen LogP contribution < -0.4 is 5.32 Å². The summed E-state index contributed by atoms with van der Waals surface area (Å²) in [6.45, 7) is 3.29. The van der Waals surface area contributed by atoms with Crippen molar-refractivity contribution in [3.05, 3.63) is 23.7 Å². The van der Waals surface area contributed by atoms with Gasteiger partial charge in [0, 0.05) is 6.26 Å². The Bertz CT molecular complexity index is 601. The highest BCUT2D eigenvalue weighted by molar-refractivity contribution is 7.94. The van der Waals surface area contributed by atoms with Crippen LogP contribution in [0.1, 0.15) is 18.4 Å². The Morgan fingerprint density at radius 2 is 1.74 bits per heavy atom. The first-order chi connectivity index (χ1) is 8.72. The molecular weight excluding hydrogens is 290 g/mol. The van der Waals surface area contributed by atoms with Crippen LogP contribution in [-0.4, -0.2) is 41.1 Å². The lowest BCUT2D eigenvalue weighted by atomic mass is 10.4. The van der Waals surface area contributed by atoms with Crippen LogP contribution >= 0.6 is 0 Å². The van der Waals surface area contributed by atoms with E-state index in [0.29, 0.717) is 18.1 Å². The van der Waals surface area contributed by atoms with Crippen molar-refractivity contribution < 1.29 is 21.3 Å². The van der Waals surface area contributed by atoms with Crippen LogP contribution in [0, 0.1) is 0 Å². The predicted molar refractivity (Wildman–Crippen MR) is 73.3 cm³/mol. The molecule has 0 aromatic carbocycles. The molecule has 1 aromatic rings. The SMILES string of the molecule is CCNCc1ccc(CS(=O)(=O)CCS(C)(=O)=O)o1. The molecule has 0 bridgehead atoms. The largest absolute Gasteiger partial charge is 0.464 e. The maximum absolute atomic E-state index is 11.7. The van der Waals surface area contributed by atoms with E-state index in [1.165, 1.54) is 0 Å². The average molecular weight is 309 g/mol. The molecule has 6 nitrogen and oxygen atoms in total. The molecule has 8 heteroatoms. The molecule has 1 N–H and O–H groups in total. The molecule has 0 amide bonds. The summed E-state index contributed by atoms with van der Waals surface area (Å²) in [7, 11) is -6.74. The van der Waals surface area contributed by atoms with Crippen molar-refractivity contribution in [1.82, 2.24) is 5.32 Å². The lowest BCUT2D eigenvalue weighted by molar-refractivity contribution is 0.459. The first kappa shape index (κ1) is 16.2. The topological polar surface area (TPSA) is 93.5 Å². The molecule has 0 aliphatic heterocycles. The van der Waals surface area contributed by atoms with Crippen LogP contribution in [0.25, 0.3) is 0 Å². The van der Waals surface area contributed by atoms with Gasteiger partial charge in [-0.3, -0.25) is 0 Å². The summed E-state index contributed by atoms with van der Waals surface area (Å²) in [4.78, 5) is 0. The fourth-order valence-corrected chi connectivity index (χ4v) is 4.37. The lowest BCUT2D eigenvalue weighted by Gasteiger charge is -2.02. The normalized spacial score (nSPS) is 12.7. The smallest absolute Gasteiger partial charge is 0.158 e. The summed E-state index contributed by atoms with van der Waals surface area (Å²) < 4.78 is 50.7. The predicted octanol–water partition coefficient (Wildman–Crippen LogP) is 0.349. The molecule has 1 aromatic heterocycles. The fourth-order valence-electron chi connectivity index (χ4n) is 1.41. The molecule has 1 heterocycles. The molecule has 0 saturated carbocycles. The number of hydrogen-bond acceptors (Lipinski definition) is 6. The lowest BCUT2D eigenvalue weighted by Crippen LogP contribution is -2.17. The molecular formula is C11H19NO5S2. The van der Waals surface area contributed by atoms with E-state index in [1.54, 1.807) is 12.1 Å². The van der Waals surface area contributed by atoms with Gasteiger partial charge in [-0.05, 0) is 18.7 Å². The number of sulfone groups is 2. The summed E-state index contributed by atoms with van der Waals surface area (Å²) >= 11 is 0. The average Bonchev–Trinajstić information content (AvgIpc) is 2.70. The quantitative estimate of drug-likeness (QED) is 0.744. The van der Waals surface area contributed by atoms with E-state index in [0.717, 1.165) is 12.8 Å². The van der Waals surface area contributed by atoms with Gasteiger partial charge in [-0.25, -0.2) is 16.8 Å². The molecule has 0 fully saturated rings. The second-order valence-electron chi connectivity index (χ2n) is 4.37. The van der Waals surface area contributed by atoms with Crippen LogP contribution in [0.15, 0.2) is 16.5 Å². The van der Waals surface area contributed by atoms with Gasteiger partial charge in [0.25, 0.3) is 0 Å². The van der Waals surface area contributed by atoms with Gasteiger partial charge in [-0.2, -0.15) is 0 Å². The number of nitrogens with one attached hydrogen (secondary N) is 1. The maximum atomic E-state index is 11.7. The number of furan rings is 1. The number of hydrogen-bond donors (Lipinski definition) is 1. The monoisotopic (exact) mass is 309 g/mol. The van der Waals surface area contributed by atoms with Crippen LogP contribution in [0.3, 0.4) is 0 Å². The Labute approximate surface area is 114 Å². The first-order valence-corrected chi connectivity index (χ1v) is 9.76. The van der Waals surface area contributed by atoms with Crippen molar-refractivity contribution in [3.63, 3.8) is 0 Å². The van der Waals surface area contributed by atoms with E-state index >= 15 is 0 Å². The van der Waals surface area contributed by atoms with Crippen molar-refractivity contribution in [2.75, 3.05) is 24.3 Å². The third-order valence-corrected chi connectivity index (χ3v) is 5.15. The first-order valence-electron chi connectivity index (χ1n) is 5.88. The number of rotatable bonds is 8. The van der Waals surface area contributed by atoms with Gasteiger partial charge in [-0.15, -0.1) is 0 Å².